The molecule has 0 aliphatic rings. The van der Waals surface area contributed by atoms with E-state index in [1.54, 1.807) is 0 Å². The number of aromatic nitrogens is 5. The first kappa shape index (κ1) is 31.4. The summed E-state index contributed by atoms with van der Waals surface area (Å²) in [5.74, 6) is 2.27. The van der Waals surface area contributed by atoms with Crippen molar-refractivity contribution in [2.45, 2.75) is 0 Å². The van der Waals surface area contributed by atoms with Gasteiger partial charge in [-0.05, 0) is 42.5 Å². The highest BCUT2D eigenvalue weighted by atomic mass is 16.3. The number of hydrogen-bond donors (Lipinski definition) is 0. The fraction of sp³-hybridized carbons (Fsp3) is 0. The third-order valence-electron chi connectivity index (χ3n) is 10.6. The standard InChI is InChI=1S/C49H27N5O3/c1-3-13-28(14-4-1)46-52-47(29-15-5-2-6-16-29)54-49(53-46)35-20-12-24-39-41(35)34-19-11-21-36(44(34)57-39)43-45-42(33-18-8-10-23-38(33)56-45)50-48(51-43)30-25-26-32-31-17-7-9-22-37(31)55-40(32)27-30/h1-27H. The average Bonchev–Trinajstić information content (AvgIpc) is 3.98. The minimum absolute atomic E-state index is 0.548. The molecule has 5 heterocycles. The smallest absolute Gasteiger partial charge is 0.180 e. The molecule has 5 aromatic heterocycles. The van der Waals surface area contributed by atoms with E-state index in [4.69, 9.17) is 38.2 Å². The molecule has 0 aliphatic heterocycles. The van der Waals surface area contributed by atoms with Crippen LogP contribution in [0.5, 0.6) is 0 Å². The second kappa shape index (κ2) is 12.3. The molecule has 0 bridgehead atoms. The van der Waals surface area contributed by atoms with Gasteiger partial charge in [0.25, 0.3) is 0 Å². The molecule has 57 heavy (non-hydrogen) atoms. The molecule has 0 unspecified atom stereocenters. The lowest BCUT2D eigenvalue weighted by molar-refractivity contribution is 0.662. The van der Waals surface area contributed by atoms with Crippen molar-refractivity contribution in [1.82, 2.24) is 24.9 Å². The fourth-order valence-electron chi connectivity index (χ4n) is 7.92. The summed E-state index contributed by atoms with van der Waals surface area (Å²) < 4.78 is 19.6. The molecule has 8 nitrogen and oxygen atoms in total. The topological polar surface area (TPSA) is 104 Å². The molecule has 0 fully saturated rings. The van der Waals surface area contributed by atoms with E-state index >= 15 is 0 Å². The maximum atomic E-state index is 6.80. The first-order chi connectivity index (χ1) is 28.2. The Kier molecular flexibility index (Phi) is 6.76. The average molecular weight is 734 g/mol. The molecule has 0 N–H and O–H groups in total. The molecular formula is C49H27N5O3. The predicted molar refractivity (Wildman–Crippen MR) is 224 cm³/mol. The third kappa shape index (κ3) is 4.97. The highest BCUT2D eigenvalue weighted by Gasteiger charge is 2.24. The maximum Gasteiger partial charge on any atom is 0.180 e. The van der Waals surface area contributed by atoms with Crippen molar-refractivity contribution < 1.29 is 13.3 Å². The highest BCUT2D eigenvalue weighted by Crippen LogP contribution is 2.43. The number of furan rings is 3. The summed E-state index contributed by atoms with van der Waals surface area (Å²) in [5.41, 5.74) is 9.86. The fourth-order valence-corrected chi connectivity index (χ4v) is 7.92. The van der Waals surface area contributed by atoms with Crippen LogP contribution in [0.3, 0.4) is 0 Å². The zero-order chi connectivity index (χ0) is 37.5. The summed E-state index contributed by atoms with van der Waals surface area (Å²) in [6, 6.07) is 54.2. The molecule has 7 aromatic carbocycles. The van der Waals surface area contributed by atoms with E-state index in [2.05, 4.69) is 18.2 Å². The van der Waals surface area contributed by atoms with Crippen molar-refractivity contribution in [3.8, 4) is 56.8 Å². The number of para-hydroxylation sites is 3. The maximum absolute atomic E-state index is 6.80. The molecule has 0 radical (unpaired) electrons. The van der Waals surface area contributed by atoms with Crippen molar-refractivity contribution in [1.29, 1.82) is 0 Å². The van der Waals surface area contributed by atoms with Crippen LogP contribution in [0.1, 0.15) is 0 Å². The van der Waals surface area contributed by atoms with Gasteiger partial charge in [0.05, 0.1) is 0 Å². The lowest BCUT2D eigenvalue weighted by Gasteiger charge is -2.09. The van der Waals surface area contributed by atoms with Crippen molar-refractivity contribution in [2.24, 2.45) is 0 Å². The van der Waals surface area contributed by atoms with Gasteiger partial charge in [-0.25, -0.2) is 24.9 Å². The Labute approximate surface area is 323 Å². The van der Waals surface area contributed by atoms with Crippen LogP contribution >= 0.6 is 0 Å². The Morgan fingerprint density at radius 3 is 1.65 bits per heavy atom. The first-order valence-electron chi connectivity index (χ1n) is 18.7. The summed E-state index contributed by atoms with van der Waals surface area (Å²) in [6.45, 7) is 0. The predicted octanol–water partition coefficient (Wildman–Crippen LogP) is 12.7. The number of rotatable bonds is 5. The van der Waals surface area contributed by atoms with Gasteiger partial charge < -0.3 is 13.3 Å². The molecule has 12 rings (SSSR count). The molecule has 0 aliphatic carbocycles. The van der Waals surface area contributed by atoms with E-state index in [1.807, 2.05) is 146 Å². The third-order valence-corrected chi connectivity index (χ3v) is 10.6. The SMILES string of the molecule is c1ccc(-c2nc(-c3ccccc3)nc(-c3cccc4oc5c(-c6nc(-c7ccc8c(c7)oc7ccccc78)nc7c6oc6ccccc67)cccc5c34)n2)cc1. The van der Waals surface area contributed by atoms with Crippen molar-refractivity contribution in [3.63, 3.8) is 0 Å². The molecule has 0 saturated heterocycles. The molecule has 12 aromatic rings. The molecule has 0 amide bonds. The summed E-state index contributed by atoms with van der Waals surface area (Å²) >= 11 is 0. The number of hydrogen-bond acceptors (Lipinski definition) is 8. The minimum atomic E-state index is 0.548. The van der Waals surface area contributed by atoms with E-state index in [1.165, 1.54) is 0 Å². The van der Waals surface area contributed by atoms with E-state index in [9.17, 15) is 0 Å². The normalized spacial score (nSPS) is 11.9. The highest BCUT2D eigenvalue weighted by molar-refractivity contribution is 6.17. The lowest BCUT2D eigenvalue weighted by atomic mass is 10.0. The van der Waals surface area contributed by atoms with Crippen molar-refractivity contribution in [2.75, 3.05) is 0 Å². The van der Waals surface area contributed by atoms with Gasteiger partial charge in [-0.3, -0.25) is 0 Å². The molecule has 8 heteroatoms. The Balaban J connectivity index is 1.09. The van der Waals surface area contributed by atoms with Gasteiger partial charge in [-0.2, -0.15) is 0 Å². The lowest BCUT2D eigenvalue weighted by Crippen LogP contribution is -2.00. The van der Waals surface area contributed by atoms with E-state index in [0.717, 1.165) is 77.0 Å². The first-order valence-corrected chi connectivity index (χ1v) is 18.7. The van der Waals surface area contributed by atoms with Crippen LogP contribution in [-0.4, -0.2) is 24.9 Å². The van der Waals surface area contributed by atoms with Crippen LogP contribution in [0.15, 0.2) is 177 Å². The molecule has 266 valence electrons. The Morgan fingerprint density at radius 2 is 0.877 bits per heavy atom. The van der Waals surface area contributed by atoms with Crippen molar-refractivity contribution in [3.05, 3.63) is 164 Å². The van der Waals surface area contributed by atoms with Gasteiger partial charge >= 0.3 is 0 Å². The summed E-state index contributed by atoms with van der Waals surface area (Å²) in [5, 5.41) is 4.80. The molecule has 0 atom stereocenters. The molecular weight excluding hydrogens is 707 g/mol. The van der Waals surface area contributed by atoms with Crippen molar-refractivity contribution >= 4 is 65.9 Å². The number of nitrogens with zero attached hydrogens (tertiary/aromatic N) is 5. The number of benzene rings is 7. The molecule has 0 saturated carbocycles. The van der Waals surface area contributed by atoms with Crippen LogP contribution in [0.2, 0.25) is 0 Å². The Hall–Kier alpha value is -7.97. The Morgan fingerprint density at radius 1 is 0.316 bits per heavy atom. The van der Waals surface area contributed by atoms with Crippen LogP contribution in [0.4, 0.5) is 0 Å². The van der Waals surface area contributed by atoms with Crippen LogP contribution < -0.4 is 0 Å². The monoisotopic (exact) mass is 733 g/mol. The molecule has 0 spiro atoms. The van der Waals surface area contributed by atoms with Gasteiger partial charge in [0.2, 0.25) is 0 Å². The van der Waals surface area contributed by atoms with Gasteiger partial charge in [-0.1, -0.05) is 121 Å². The zero-order valence-corrected chi connectivity index (χ0v) is 30.0. The Bertz CT molecular complexity index is 3480. The van der Waals surface area contributed by atoms with Gasteiger partial charge in [0.15, 0.2) is 28.9 Å². The van der Waals surface area contributed by atoms with E-state index in [-0.39, 0.29) is 0 Å². The van der Waals surface area contributed by atoms with E-state index in [0.29, 0.717) is 45.7 Å². The summed E-state index contributed by atoms with van der Waals surface area (Å²) in [4.78, 5) is 25.4. The summed E-state index contributed by atoms with van der Waals surface area (Å²) in [6.07, 6.45) is 0. The van der Waals surface area contributed by atoms with Gasteiger partial charge in [0.1, 0.15) is 39.1 Å². The summed E-state index contributed by atoms with van der Waals surface area (Å²) in [7, 11) is 0. The second-order valence-corrected chi connectivity index (χ2v) is 14.0. The largest absolute Gasteiger partial charge is 0.456 e. The quantitative estimate of drug-likeness (QED) is 0.172. The van der Waals surface area contributed by atoms with Crippen LogP contribution in [-0.2, 0) is 0 Å². The van der Waals surface area contributed by atoms with Gasteiger partial charge in [0, 0.05) is 54.7 Å². The van der Waals surface area contributed by atoms with Gasteiger partial charge in [-0.15, -0.1) is 0 Å². The zero-order valence-electron chi connectivity index (χ0n) is 30.0. The van der Waals surface area contributed by atoms with Crippen LogP contribution in [0.25, 0.3) is 123 Å². The minimum Gasteiger partial charge on any atom is -0.456 e. The number of fused-ring (bicyclic) bond motifs is 9. The second-order valence-electron chi connectivity index (χ2n) is 14.0. The van der Waals surface area contributed by atoms with E-state index < -0.39 is 0 Å². The van der Waals surface area contributed by atoms with Crippen LogP contribution in [0, 0.1) is 0 Å².